The average molecular weight is 206 g/mol. The molecule has 0 N–H and O–H groups in total. The van der Waals surface area contributed by atoms with E-state index in [9.17, 15) is 8.78 Å². The third-order valence-electron chi connectivity index (χ3n) is 3.33. The van der Waals surface area contributed by atoms with E-state index in [0.717, 1.165) is 0 Å². The zero-order chi connectivity index (χ0) is 10.4. The van der Waals surface area contributed by atoms with Gasteiger partial charge in [-0.15, -0.1) is 0 Å². The van der Waals surface area contributed by atoms with Crippen LogP contribution in [0.1, 0.15) is 33.1 Å². The van der Waals surface area contributed by atoms with Gasteiger partial charge in [0.1, 0.15) is 0 Å². The van der Waals surface area contributed by atoms with Gasteiger partial charge in [0.25, 0.3) is 5.92 Å². The van der Waals surface area contributed by atoms with E-state index in [4.69, 9.17) is 9.47 Å². The van der Waals surface area contributed by atoms with Crippen molar-refractivity contribution in [3.05, 3.63) is 0 Å². The van der Waals surface area contributed by atoms with Gasteiger partial charge in [0.05, 0.1) is 13.2 Å². The third-order valence-corrected chi connectivity index (χ3v) is 3.33. The van der Waals surface area contributed by atoms with Crippen LogP contribution in [-0.2, 0) is 9.47 Å². The first-order valence-corrected chi connectivity index (χ1v) is 5.03. The van der Waals surface area contributed by atoms with Crippen molar-refractivity contribution in [1.82, 2.24) is 0 Å². The Bertz CT molecular complexity index is 232. The van der Waals surface area contributed by atoms with Crippen LogP contribution in [0.15, 0.2) is 0 Å². The van der Waals surface area contributed by atoms with Gasteiger partial charge in [0.2, 0.25) is 0 Å². The fraction of sp³-hybridized carbons (Fsp3) is 1.00. The number of hydrogen-bond acceptors (Lipinski definition) is 2. The summed E-state index contributed by atoms with van der Waals surface area (Å²) in [5.74, 6) is -3.32. The number of ether oxygens (including phenoxy) is 2. The summed E-state index contributed by atoms with van der Waals surface area (Å²) in [5, 5.41) is 0. The SMILES string of the molecule is CC1(C)CC2(CCC1(F)F)OCCO2. The van der Waals surface area contributed by atoms with E-state index in [2.05, 4.69) is 0 Å². The topological polar surface area (TPSA) is 18.5 Å². The van der Waals surface area contributed by atoms with E-state index in [1.165, 1.54) is 0 Å². The molecule has 0 aromatic heterocycles. The summed E-state index contributed by atoms with van der Waals surface area (Å²) in [5.41, 5.74) is -1.03. The van der Waals surface area contributed by atoms with Crippen molar-refractivity contribution in [2.24, 2.45) is 5.41 Å². The van der Waals surface area contributed by atoms with E-state index < -0.39 is 17.1 Å². The summed E-state index contributed by atoms with van der Waals surface area (Å²) in [7, 11) is 0. The van der Waals surface area contributed by atoms with Gasteiger partial charge in [0.15, 0.2) is 5.79 Å². The van der Waals surface area contributed by atoms with Crippen molar-refractivity contribution in [2.75, 3.05) is 13.2 Å². The zero-order valence-corrected chi connectivity index (χ0v) is 8.61. The second-order valence-corrected chi connectivity index (χ2v) is 4.87. The van der Waals surface area contributed by atoms with E-state index in [0.29, 0.717) is 19.6 Å². The fourth-order valence-corrected chi connectivity index (χ4v) is 2.32. The molecule has 1 saturated carbocycles. The van der Waals surface area contributed by atoms with Crippen molar-refractivity contribution in [1.29, 1.82) is 0 Å². The molecular weight excluding hydrogens is 190 g/mol. The zero-order valence-electron chi connectivity index (χ0n) is 8.61. The molecule has 14 heavy (non-hydrogen) atoms. The Morgan fingerprint density at radius 2 is 1.57 bits per heavy atom. The van der Waals surface area contributed by atoms with Crippen LogP contribution in [0.5, 0.6) is 0 Å². The predicted molar refractivity (Wildman–Crippen MR) is 47.2 cm³/mol. The summed E-state index contributed by atoms with van der Waals surface area (Å²) >= 11 is 0. The van der Waals surface area contributed by atoms with E-state index in [-0.39, 0.29) is 12.8 Å². The molecule has 1 saturated heterocycles. The van der Waals surface area contributed by atoms with Gasteiger partial charge in [-0.3, -0.25) is 0 Å². The number of halogens is 2. The Hall–Kier alpha value is -0.220. The van der Waals surface area contributed by atoms with Gasteiger partial charge >= 0.3 is 0 Å². The van der Waals surface area contributed by atoms with Gasteiger partial charge in [-0.1, -0.05) is 13.8 Å². The molecule has 0 radical (unpaired) electrons. The molecule has 2 fully saturated rings. The molecule has 0 bridgehead atoms. The van der Waals surface area contributed by atoms with Crippen LogP contribution in [0.2, 0.25) is 0 Å². The highest BCUT2D eigenvalue weighted by atomic mass is 19.3. The van der Waals surface area contributed by atoms with Crippen molar-refractivity contribution >= 4 is 0 Å². The van der Waals surface area contributed by atoms with Gasteiger partial charge in [-0.05, 0) is 0 Å². The highest BCUT2D eigenvalue weighted by Gasteiger charge is 2.57. The standard InChI is InChI=1S/C10H16F2O2/c1-8(2)7-9(13-5-6-14-9)3-4-10(8,11)12/h3-7H2,1-2H3. The maximum Gasteiger partial charge on any atom is 0.253 e. The Kier molecular flexibility index (Phi) is 2.13. The van der Waals surface area contributed by atoms with Gasteiger partial charge in [0, 0.05) is 24.7 Å². The van der Waals surface area contributed by atoms with E-state index in [1.54, 1.807) is 13.8 Å². The van der Waals surface area contributed by atoms with Gasteiger partial charge in [-0.2, -0.15) is 0 Å². The summed E-state index contributed by atoms with van der Waals surface area (Å²) in [6, 6.07) is 0. The van der Waals surface area contributed by atoms with Crippen molar-refractivity contribution in [2.45, 2.75) is 44.8 Å². The number of alkyl halides is 2. The quantitative estimate of drug-likeness (QED) is 0.606. The number of rotatable bonds is 0. The first kappa shape index (κ1) is 10.3. The molecule has 0 aromatic rings. The maximum atomic E-state index is 13.5. The average Bonchev–Trinajstić information content (AvgIpc) is 2.47. The first-order valence-electron chi connectivity index (χ1n) is 5.03. The van der Waals surface area contributed by atoms with E-state index in [1.807, 2.05) is 0 Å². The molecule has 0 amide bonds. The van der Waals surface area contributed by atoms with Gasteiger partial charge in [-0.25, -0.2) is 8.78 Å². The highest BCUT2D eigenvalue weighted by molar-refractivity contribution is 4.97. The second-order valence-electron chi connectivity index (χ2n) is 4.87. The number of hydrogen-bond donors (Lipinski definition) is 0. The summed E-state index contributed by atoms with van der Waals surface area (Å²) in [6.45, 7) is 4.22. The molecule has 1 spiro atoms. The van der Waals surface area contributed by atoms with Crippen molar-refractivity contribution in [3.63, 3.8) is 0 Å². The lowest BCUT2D eigenvalue weighted by molar-refractivity contribution is -0.256. The first-order chi connectivity index (χ1) is 6.37. The van der Waals surface area contributed by atoms with Crippen molar-refractivity contribution < 1.29 is 18.3 Å². The summed E-state index contributed by atoms with van der Waals surface area (Å²) in [4.78, 5) is 0. The maximum absolute atomic E-state index is 13.5. The minimum atomic E-state index is -2.60. The molecule has 0 unspecified atom stereocenters. The molecule has 1 heterocycles. The Balaban J connectivity index is 2.16. The molecule has 2 rings (SSSR count). The predicted octanol–water partition coefficient (Wildman–Crippen LogP) is 2.57. The smallest absolute Gasteiger partial charge is 0.253 e. The Labute approximate surface area is 82.6 Å². The van der Waals surface area contributed by atoms with Crippen molar-refractivity contribution in [3.8, 4) is 0 Å². The molecule has 1 aliphatic carbocycles. The largest absolute Gasteiger partial charge is 0.348 e. The molecule has 2 nitrogen and oxygen atoms in total. The van der Waals surface area contributed by atoms with Crippen LogP contribution >= 0.6 is 0 Å². The summed E-state index contributed by atoms with van der Waals surface area (Å²) in [6.07, 6.45) is 0.455. The molecule has 1 aliphatic heterocycles. The molecule has 82 valence electrons. The lowest BCUT2D eigenvalue weighted by atomic mass is 9.71. The Morgan fingerprint density at radius 1 is 1.00 bits per heavy atom. The fourth-order valence-electron chi connectivity index (χ4n) is 2.32. The monoisotopic (exact) mass is 206 g/mol. The van der Waals surface area contributed by atoms with Crippen LogP contribution in [0.4, 0.5) is 8.78 Å². The van der Waals surface area contributed by atoms with Gasteiger partial charge < -0.3 is 9.47 Å². The molecular formula is C10H16F2O2. The lowest BCUT2D eigenvalue weighted by Crippen LogP contribution is -2.50. The molecule has 0 atom stereocenters. The minimum Gasteiger partial charge on any atom is -0.348 e. The Morgan fingerprint density at radius 3 is 2.07 bits per heavy atom. The van der Waals surface area contributed by atoms with Crippen LogP contribution < -0.4 is 0 Å². The van der Waals surface area contributed by atoms with Crippen LogP contribution in [0.25, 0.3) is 0 Å². The molecule has 4 heteroatoms. The molecule has 0 aromatic carbocycles. The van der Waals surface area contributed by atoms with E-state index >= 15 is 0 Å². The normalized spacial score (nSPS) is 33.4. The summed E-state index contributed by atoms with van der Waals surface area (Å²) < 4.78 is 37.9. The van der Waals surface area contributed by atoms with Crippen LogP contribution in [0, 0.1) is 5.41 Å². The van der Waals surface area contributed by atoms with Crippen LogP contribution in [-0.4, -0.2) is 24.9 Å². The molecule has 2 aliphatic rings. The highest BCUT2D eigenvalue weighted by Crippen LogP contribution is 2.53. The lowest BCUT2D eigenvalue weighted by Gasteiger charge is -2.45. The van der Waals surface area contributed by atoms with Crippen LogP contribution in [0.3, 0.4) is 0 Å². The second kappa shape index (κ2) is 2.89. The minimum absolute atomic E-state index is 0.139. The third kappa shape index (κ3) is 1.44.